The van der Waals surface area contributed by atoms with Crippen molar-refractivity contribution < 1.29 is 0 Å². The van der Waals surface area contributed by atoms with Crippen LogP contribution in [0, 0.1) is 0 Å². The van der Waals surface area contributed by atoms with Crippen molar-refractivity contribution in [1.29, 1.82) is 0 Å². The summed E-state index contributed by atoms with van der Waals surface area (Å²) in [6.45, 7) is 0. The Morgan fingerprint density at radius 1 is 1.13 bits per heavy atom. The number of hydrazone groups is 1. The summed E-state index contributed by atoms with van der Waals surface area (Å²) in [6.07, 6.45) is 3.58. The Labute approximate surface area is 96.8 Å². The van der Waals surface area contributed by atoms with Gasteiger partial charge in [0.1, 0.15) is 0 Å². The average Bonchev–Trinajstić information content (AvgIpc) is 2.80. The molecule has 3 rings (SSSR count). The molecular formula is C11H10N2S2. The van der Waals surface area contributed by atoms with Crippen LogP contribution in [0.3, 0.4) is 0 Å². The van der Waals surface area contributed by atoms with Crippen LogP contribution in [0.1, 0.15) is 0 Å². The number of thiophene rings is 1. The highest BCUT2D eigenvalue weighted by Crippen LogP contribution is 2.18. The van der Waals surface area contributed by atoms with E-state index in [-0.39, 0.29) is 0 Å². The quantitative estimate of drug-likeness (QED) is 0.704. The summed E-state index contributed by atoms with van der Waals surface area (Å²) in [6, 6.07) is 10.5. The van der Waals surface area contributed by atoms with Crippen LogP contribution in [0.15, 0.2) is 52.3 Å². The van der Waals surface area contributed by atoms with Crippen molar-refractivity contribution in [2.24, 2.45) is 5.10 Å². The molecule has 76 valence electrons. The van der Waals surface area contributed by atoms with E-state index in [2.05, 4.69) is 45.6 Å². The van der Waals surface area contributed by atoms with Crippen molar-refractivity contribution in [2.75, 3.05) is 0 Å². The minimum atomic E-state index is 1.35. The van der Waals surface area contributed by atoms with E-state index in [0.717, 1.165) is 0 Å². The Kier molecular flexibility index (Phi) is 3.82. The zero-order valence-corrected chi connectivity index (χ0v) is 9.59. The molecule has 0 spiro atoms. The number of hydrogen-bond donors (Lipinski definition) is 1. The Balaban J connectivity index is 0.000000124. The summed E-state index contributed by atoms with van der Waals surface area (Å²) in [5, 5.41) is 9.07. The monoisotopic (exact) mass is 234 g/mol. The third-order valence-electron chi connectivity index (χ3n) is 1.77. The summed E-state index contributed by atoms with van der Waals surface area (Å²) < 4.78 is 1.37. The molecule has 0 aliphatic carbocycles. The van der Waals surface area contributed by atoms with Crippen molar-refractivity contribution in [3.05, 3.63) is 47.2 Å². The fraction of sp³-hybridized carbons (Fsp3) is 0. The van der Waals surface area contributed by atoms with E-state index < -0.39 is 0 Å². The van der Waals surface area contributed by atoms with Crippen LogP contribution < -0.4 is 4.83 Å². The van der Waals surface area contributed by atoms with Crippen LogP contribution >= 0.6 is 23.3 Å². The predicted molar refractivity (Wildman–Crippen MR) is 70.2 cm³/mol. The second kappa shape index (κ2) is 5.58. The van der Waals surface area contributed by atoms with Gasteiger partial charge in [-0.25, -0.2) is 4.83 Å². The Morgan fingerprint density at radius 3 is 2.67 bits per heavy atom. The zero-order chi connectivity index (χ0) is 10.3. The van der Waals surface area contributed by atoms with Crippen LogP contribution in [-0.4, -0.2) is 6.21 Å². The van der Waals surface area contributed by atoms with Gasteiger partial charge in [0, 0.05) is 10.9 Å². The number of nitrogens with one attached hydrogen (secondary N) is 1. The molecule has 2 heterocycles. The lowest BCUT2D eigenvalue weighted by Crippen LogP contribution is -1.91. The van der Waals surface area contributed by atoms with Gasteiger partial charge in [-0.15, -0.1) is 11.3 Å². The molecule has 0 bridgehead atoms. The van der Waals surface area contributed by atoms with E-state index in [1.165, 1.54) is 22.0 Å². The molecule has 0 saturated heterocycles. The standard InChI is InChI=1S/C8H6S.C3H4N2S/c1-2-4-8-7(3-1)5-6-9-8;1-2-4-5-6-3-1/h1-6H;1-3,5H. The molecule has 15 heavy (non-hydrogen) atoms. The molecule has 0 fully saturated rings. The van der Waals surface area contributed by atoms with Gasteiger partial charge in [-0.1, -0.05) is 18.2 Å². The molecule has 2 nitrogen and oxygen atoms in total. The van der Waals surface area contributed by atoms with E-state index >= 15 is 0 Å². The summed E-state index contributed by atoms with van der Waals surface area (Å²) in [7, 11) is 0. The van der Waals surface area contributed by atoms with Gasteiger partial charge in [-0.3, -0.25) is 0 Å². The minimum Gasteiger partial charge on any atom is -0.248 e. The maximum Gasteiger partial charge on any atom is 0.0484 e. The van der Waals surface area contributed by atoms with E-state index in [9.17, 15) is 0 Å². The first-order valence-corrected chi connectivity index (χ1v) is 6.24. The Morgan fingerprint density at radius 2 is 2.07 bits per heavy atom. The van der Waals surface area contributed by atoms with Gasteiger partial charge in [0.25, 0.3) is 0 Å². The van der Waals surface area contributed by atoms with E-state index in [0.29, 0.717) is 0 Å². The number of rotatable bonds is 0. The van der Waals surface area contributed by atoms with Crippen LogP contribution in [0.4, 0.5) is 0 Å². The lowest BCUT2D eigenvalue weighted by Gasteiger charge is -1.92. The van der Waals surface area contributed by atoms with E-state index in [1.807, 2.05) is 11.5 Å². The second-order valence-corrected chi connectivity index (χ2v) is 4.41. The molecule has 1 aromatic carbocycles. The zero-order valence-electron chi connectivity index (χ0n) is 7.96. The van der Waals surface area contributed by atoms with Crippen molar-refractivity contribution >= 4 is 39.6 Å². The lowest BCUT2D eigenvalue weighted by atomic mass is 10.3. The highest BCUT2D eigenvalue weighted by Gasteiger charge is 1.87. The van der Waals surface area contributed by atoms with Crippen LogP contribution in [0.5, 0.6) is 0 Å². The van der Waals surface area contributed by atoms with Crippen molar-refractivity contribution in [1.82, 2.24) is 4.83 Å². The van der Waals surface area contributed by atoms with Crippen LogP contribution in [-0.2, 0) is 0 Å². The van der Waals surface area contributed by atoms with Gasteiger partial charge in [-0.05, 0) is 46.3 Å². The fourth-order valence-corrected chi connectivity index (χ4v) is 2.24. The Hall–Kier alpha value is -1.26. The first kappa shape index (κ1) is 10.3. The molecular weight excluding hydrogens is 224 g/mol. The molecule has 0 saturated carbocycles. The third kappa shape index (κ3) is 3.11. The summed E-state index contributed by atoms with van der Waals surface area (Å²) in [5.74, 6) is 0. The molecule has 1 aromatic heterocycles. The van der Waals surface area contributed by atoms with Gasteiger partial charge in [-0.2, -0.15) is 5.10 Å². The molecule has 1 N–H and O–H groups in total. The Bertz CT molecular complexity index is 432. The molecule has 1 aliphatic rings. The van der Waals surface area contributed by atoms with Gasteiger partial charge in [0.15, 0.2) is 0 Å². The predicted octanol–water partition coefficient (Wildman–Crippen LogP) is 3.64. The van der Waals surface area contributed by atoms with Gasteiger partial charge in [0.05, 0.1) is 0 Å². The van der Waals surface area contributed by atoms with Gasteiger partial charge in [0.2, 0.25) is 0 Å². The summed E-state index contributed by atoms with van der Waals surface area (Å²) in [5.41, 5.74) is 0. The van der Waals surface area contributed by atoms with Crippen molar-refractivity contribution in [3.63, 3.8) is 0 Å². The minimum absolute atomic E-state index is 1.35. The number of allylic oxidation sites excluding steroid dienone is 1. The van der Waals surface area contributed by atoms with Crippen LogP contribution in [0.25, 0.3) is 10.1 Å². The molecule has 1 aliphatic heterocycles. The average molecular weight is 234 g/mol. The second-order valence-electron chi connectivity index (χ2n) is 2.77. The maximum atomic E-state index is 3.68. The maximum absolute atomic E-state index is 3.68. The first-order valence-electron chi connectivity index (χ1n) is 4.48. The van der Waals surface area contributed by atoms with Crippen molar-refractivity contribution in [3.8, 4) is 0 Å². The highest BCUT2D eigenvalue weighted by atomic mass is 32.2. The molecule has 0 amide bonds. The smallest absolute Gasteiger partial charge is 0.0484 e. The topological polar surface area (TPSA) is 24.4 Å². The number of benzene rings is 1. The molecule has 4 heteroatoms. The SMILES string of the molecule is C1=CSNN=C1.c1ccc2sccc2c1. The number of hydrogen-bond acceptors (Lipinski definition) is 4. The summed E-state index contributed by atoms with van der Waals surface area (Å²) >= 11 is 3.25. The molecule has 0 unspecified atom stereocenters. The fourth-order valence-electron chi connectivity index (χ4n) is 1.11. The highest BCUT2D eigenvalue weighted by molar-refractivity contribution is 8.00. The normalized spacial score (nSPS) is 13.1. The molecule has 2 aromatic rings. The molecule has 0 radical (unpaired) electrons. The van der Waals surface area contributed by atoms with Gasteiger partial charge < -0.3 is 0 Å². The first-order chi connectivity index (χ1) is 7.47. The number of nitrogens with zero attached hydrogens (tertiary/aromatic N) is 1. The van der Waals surface area contributed by atoms with E-state index in [4.69, 9.17) is 0 Å². The third-order valence-corrected chi connectivity index (χ3v) is 3.18. The van der Waals surface area contributed by atoms with E-state index in [1.54, 1.807) is 17.6 Å². The van der Waals surface area contributed by atoms with Crippen LogP contribution in [0.2, 0.25) is 0 Å². The number of fused-ring (bicyclic) bond motifs is 1. The summed E-state index contributed by atoms with van der Waals surface area (Å²) in [4.78, 5) is 2.68. The lowest BCUT2D eigenvalue weighted by molar-refractivity contribution is 1.13. The largest absolute Gasteiger partial charge is 0.248 e. The van der Waals surface area contributed by atoms with Crippen molar-refractivity contribution in [2.45, 2.75) is 0 Å². The molecule has 0 atom stereocenters. The van der Waals surface area contributed by atoms with Gasteiger partial charge >= 0.3 is 0 Å².